The second-order valence-electron chi connectivity index (χ2n) is 4.42. The average molecular weight is 306 g/mol. The van der Waals surface area contributed by atoms with Gasteiger partial charge in [-0.3, -0.25) is 9.69 Å². The van der Waals surface area contributed by atoms with Crippen molar-refractivity contribution < 1.29 is 14.6 Å². The minimum Gasteiger partial charge on any atom is -0.496 e. The van der Waals surface area contributed by atoms with Crippen molar-refractivity contribution in [3.8, 4) is 5.75 Å². The minimum absolute atomic E-state index is 0. The van der Waals surface area contributed by atoms with Gasteiger partial charge in [0, 0.05) is 17.1 Å². The fourth-order valence-corrected chi connectivity index (χ4v) is 2.58. The zero-order valence-corrected chi connectivity index (χ0v) is 12.2. The topological polar surface area (TPSA) is 49.8 Å². The maximum Gasteiger partial charge on any atom is 0.320 e. The number of carboxylic acids is 1. The van der Waals surface area contributed by atoms with E-state index in [1.165, 1.54) is 0 Å². The molecule has 106 valence electrons. The van der Waals surface area contributed by atoms with E-state index in [4.69, 9.17) is 21.4 Å². The molecular weight excluding hydrogens is 289 g/mol. The van der Waals surface area contributed by atoms with Crippen LogP contribution in [0.3, 0.4) is 0 Å². The summed E-state index contributed by atoms with van der Waals surface area (Å²) >= 11 is 5.97. The molecule has 0 radical (unpaired) electrons. The van der Waals surface area contributed by atoms with Gasteiger partial charge in [-0.15, -0.1) is 12.4 Å². The van der Waals surface area contributed by atoms with E-state index in [2.05, 4.69) is 0 Å². The summed E-state index contributed by atoms with van der Waals surface area (Å²) in [5.41, 5.74) is 0.929. The first-order valence-electron chi connectivity index (χ1n) is 5.91. The molecule has 19 heavy (non-hydrogen) atoms. The van der Waals surface area contributed by atoms with Gasteiger partial charge in [0.1, 0.15) is 11.8 Å². The molecule has 1 N–H and O–H groups in total. The van der Waals surface area contributed by atoms with Crippen LogP contribution < -0.4 is 4.74 Å². The first-order valence-corrected chi connectivity index (χ1v) is 6.29. The van der Waals surface area contributed by atoms with Crippen LogP contribution in [-0.4, -0.2) is 35.7 Å². The Bertz CT molecular complexity index is 454. The predicted molar refractivity (Wildman–Crippen MR) is 76.3 cm³/mol. The summed E-state index contributed by atoms with van der Waals surface area (Å²) in [6, 6.07) is 5.01. The van der Waals surface area contributed by atoms with Crippen molar-refractivity contribution in [3.63, 3.8) is 0 Å². The Labute approximate surface area is 123 Å². The van der Waals surface area contributed by atoms with Crippen molar-refractivity contribution in [1.29, 1.82) is 0 Å². The zero-order valence-electron chi connectivity index (χ0n) is 10.6. The maximum atomic E-state index is 11.1. The number of carbonyl (C=O) groups is 1. The molecule has 1 aliphatic heterocycles. The first-order chi connectivity index (χ1) is 8.61. The van der Waals surface area contributed by atoms with Crippen LogP contribution in [0.4, 0.5) is 0 Å². The van der Waals surface area contributed by atoms with E-state index >= 15 is 0 Å². The molecule has 0 spiro atoms. The van der Waals surface area contributed by atoms with Crippen LogP contribution in [-0.2, 0) is 11.3 Å². The lowest BCUT2D eigenvalue weighted by atomic mass is 10.1. The molecule has 2 rings (SSSR count). The molecule has 0 amide bonds. The van der Waals surface area contributed by atoms with Gasteiger partial charge >= 0.3 is 5.97 Å². The quantitative estimate of drug-likeness (QED) is 0.929. The average Bonchev–Trinajstić information content (AvgIpc) is 2.77. The molecular formula is C13H17Cl2NO3. The minimum atomic E-state index is -0.756. The fourth-order valence-electron chi connectivity index (χ4n) is 2.38. The van der Waals surface area contributed by atoms with Crippen molar-refractivity contribution in [2.24, 2.45) is 0 Å². The highest BCUT2D eigenvalue weighted by Gasteiger charge is 2.30. The number of likely N-dealkylation sites (tertiary alicyclic amines) is 1. The maximum absolute atomic E-state index is 11.1. The van der Waals surface area contributed by atoms with Crippen LogP contribution in [0.25, 0.3) is 0 Å². The Morgan fingerprint density at radius 2 is 2.32 bits per heavy atom. The van der Waals surface area contributed by atoms with Gasteiger partial charge in [-0.1, -0.05) is 11.6 Å². The van der Waals surface area contributed by atoms with Gasteiger partial charge in [0.15, 0.2) is 0 Å². The van der Waals surface area contributed by atoms with Crippen LogP contribution in [0.2, 0.25) is 5.02 Å². The summed E-state index contributed by atoms with van der Waals surface area (Å²) in [5, 5.41) is 9.78. The Kier molecular flexibility index (Phi) is 5.91. The van der Waals surface area contributed by atoms with Crippen LogP contribution in [0.5, 0.6) is 5.75 Å². The smallest absolute Gasteiger partial charge is 0.320 e. The number of hydrogen-bond acceptors (Lipinski definition) is 3. The Balaban J connectivity index is 0.00000180. The van der Waals surface area contributed by atoms with Crippen LogP contribution >= 0.6 is 24.0 Å². The molecule has 1 saturated heterocycles. The third-order valence-electron chi connectivity index (χ3n) is 3.26. The molecule has 1 atom stereocenters. The number of nitrogens with zero attached hydrogens (tertiary/aromatic N) is 1. The SMILES string of the molecule is COc1ccc(Cl)cc1CN1CCC[C@@H]1C(=O)O.Cl. The van der Waals surface area contributed by atoms with Gasteiger partial charge < -0.3 is 9.84 Å². The number of hydrogen-bond donors (Lipinski definition) is 1. The number of benzene rings is 1. The molecule has 1 aliphatic rings. The van der Waals surface area contributed by atoms with Gasteiger partial charge in [-0.25, -0.2) is 0 Å². The molecule has 4 nitrogen and oxygen atoms in total. The van der Waals surface area contributed by atoms with Gasteiger partial charge in [-0.2, -0.15) is 0 Å². The van der Waals surface area contributed by atoms with E-state index in [1.807, 2.05) is 17.0 Å². The Morgan fingerprint density at radius 3 is 2.95 bits per heavy atom. The highest BCUT2D eigenvalue weighted by Crippen LogP contribution is 2.27. The number of aliphatic carboxylic acids is 1. The molecule has 0 saturated carbocycles. The lowest BCUT2D eigenvalue weighted by molar-refractivity contribution is -0.142. The Hall–Kier alpha value is -0.970. The summed E-state index contributed by atoms with van der Waals surface area (Å²) in [4.78, 5) is 13.1. The van der Waals surface area contributed by atoms with E-state index in [0.29, 0.717) is 18.0 Å². The van der Waals surface area contributed by atoms with Gasteiger partial charge in [0.2, 0.25) is 0 Å². The summed E-state index contributed by atoms with van der Waals surface area (Å²) in [6.07, 6.45) is 1.62. The standard InChI is InChI=1S/C13H16ClNO3.ClH/c1-18-12-5-4-10(14)7-9(12)8-15-6-2-3-11(15)13(16)17;/h4-5,7,11H,2-3,6,8H2,1H3,(H,16,17);1H/t11-;/m1./s1. The largest absolute Gasteiger partial charge is 0.496 e. The summed E-state index contributed by atoms with van der Waals surface area (Å²) in [6.45, 7) is 1.35. The fraction of sp³-hybridized carbons (Fsp3) is 0.462. The van der Waals surface area contributed by atoms with E-state index in [0.717, 1.165) is 24.3 Å². The zero-order chi connectivity index (χ0) is 13.1. The first kappa shape index (κ1) is 16.1. The van der Waals surface area contributed by atoms with Gasteiger partial charge in [0.25, 0.3) is 0 Å². The highest BCUT2D eigenvalue weighted by molar-refractivity contribution is 6.30. The number of halogens is 2. The molecule has 0 aliphatic carbocycles. The number of rotatable bonds is 4. The van der Waals surface area contributed by atoms with E-state index in [-0.39, 0.29) is 12.4 Å². The van der Waals surface area contributed by atoms with Crippen molar-refractivity contribution in [2.45, 2.75) is 25.4 Å². The van der Waals surface area contributed by atoms with Crippen LogP contribution in [0.15, 0.2) is 18.2 Å². The summed E-state index contributed by atoms with van der Waals surface area (Å²) in [7, 11) is 1.60. The molecule has 1 fully saturated rings. The molecule has 0 unspecified atom stereocenters. The van der Waals surface area contributed by atoms with Crippen molar-refractivity contribution in [1.82, 2.24) is 4.90 Å². The second-order valence-corrected chi connectivity index (χ2v) is 4.86. The molecule has 1 aromatic rings. The number of ether oxygens (including phenoxy) is 1. The third kappa shape index (κ3) is 3.75. The predicted octanol–water partition coefficient (Wildman–Crippen LogP) is 2.82. The monoisotopic (exact) mass is 305 g/mol. The van der Waals surface area contributed by atoms with Crippen molar-refractivity contribution in [2.75, 3.05) is 13.7 Å². The Morgan fingerprint density at radius 1 is 1.58 bits per heavy atom. The summed E-state index contributed by atoms with van der Waals surface area (Å²) < 4.78 is 5.27. The van der Waals surface area contributed by atoms with E-state index < -0.39 is 12.0 Å². The molecule has 6 heteroatoms. The third-order valence-corrected chi connectivity index (χ3v) is 3.50. The van der Waals surface area contributed by atoms with Crippen molar-refractivity contribution >= 4 is 30.0 Å². The van der Waals surface area contributed by atoms with E-state index in [1.54, 1.807) is 13.2 Å². The van der Waals surface area contributed by atoms with Gasteiger partial charge in [-0.05, 0) is 37.6 Å². The number of carboxylic acid groups (broad SMARTS) is 1. The lowest BCUT2D eigenvalue weighted by Crippen LogP contribution is -2.35. The van der Waals surface area contributed by atoms with Crippen LogP contribution in [0.1, 0.15) is 18.4 Å². The second kappa shape index (κ2) is 6.98. The van der Waals surface area contributed by atoms with Crippen molar-refractivity contribution in [3.05, 3.63) is 28.8 Å². The van der Waals surface area contributed by atoms with Gasteiger partial charge in [0.05, 0.1) is 7.11 Å². The van der Waals surface area contributed by atoms with E-state index in [9.17, 15) is 4.79 Å². The summed E-state index contributed by atoms with van der Waals surface area (Å²) in [5.74, 6) is -0.0102. The molecule has 0 aromatic heterocycles. The number of methoxy groups -OCH3 is 1. The molecule has 0 bridgehead atoms. The lowest BCUT2D eigenvalue weighted by Gasteiger charge is -2.22. The highest BCUT2D eigenvalue weighted by atomic mass is 35.5. The normalized spacial score (nSPS) is 18.9. The molecule has 1 aromatic carbocycles. The van der Waals surface area contributed by atoms with Crippen LogP contribution in [0, 0.1) is 0 Å². The molecule has 1 heterocycles.